The van der Waals surface area contributed by atoms with Crippen molar-refractivity contribution in [1.82, 2.24) is 9.55 Å². The fourth-order valence-corrected chi connectivity index (χ4v) is 2.83. The van der Waals surface area contributed by atoms with E-state index < -0.39 is 5.97 Å². The third-order valence-corrected chi connectivity index (χ3v) is 3.90. The lowest BCUT2D eigenvalue weighted by atomic mass is 10.1. The van der Waals surface area contributed by atoms with Crippen LogP contribution in [0.15, 0.2) is 48.5 Å². The molecule has 0 saturated carbocycles. The largest absolute Gasteiger partial charge is 0.481 e. The van der Waals surface area contributed by atoms with Crippen LogP contribution < -0.4 is 0 Å². The van der Waals surface area contributed by atoms with Crippen molar-refractivity contribution in [3.63, 3.8) is 0 Å². The lowest BCUT2D eigenvalue weighted by molar-refractivity contribution is -0.136. The van der Waals surface area contributed by atoms with Crippen LogP contribution in [0.4, 0.5) is 0 Å². The topological polar surface area (TPSA) is 55.1 Å². The highest BCUT2D eigenvalue weighted by Gasteiger charge is 2.19. The third kappa shape index (κ3) is 2.60. The average molecular weight is 294 g/mol. The molecule has 112 valence electrons. The van der Waals surface area contributed by atoms with Crippen molar-refractivity contribution in [1.29, 1.82) is 0 Å². The molecule has 0 radical (unpaired) electrons. The second-order valence-corrected chi connectivity index (χ2v) is 5.55. The number of carboxylic acids is 1. The highest BCUT2D eigenvalue weighted by molar-refractivity contribution is 5.79. The Morgan fingerprint density at radius 1 is 1.23 bits per heavy atom. The number of hydrogen-bond donors (Lipinski definition) is 1. The van der Waals surface area contributed by atoms with Crippen LogP contribution in [-0.2, 0) is 11.2 Å². The van der Waals surface area contributed by atoms with E-state index in [9.17, 15) is 9.90 Å². The smallest absolute Gasteiger partial charge is 0.311 e. The zero-order valence-corrected chi connectivity index (χ0v) is 12.7. The maximum absolute atomic E-state index is 11.2. The molecule has 0 spiro atoms. The van der Waals surface area contributed by atoms with Gasteiger partial charge < -0.3 is 9.67 Å². The van der Waals surface area contributed by atoms with Crippen molar-refractivity contribution in [2.75, 3.05) is 0 Å². The minimum atomic E-state index is -0.867. The minimum Gasteiger partial charge on any atom is -0.481 e. The molecule has 0 bridgehead atoms. The Hall–Kier alpha value is -2.62. The normalized spacial score (nSPS) is 12.5. The molecule has 0 aliphatic carbocycles. The Kier molecular flexibility index (Phi) is 3.67. The SMILES string of the molecule is Cc1ccc2c(c1)nc(CC(=O)O)n2C(C)c1ccccc1. The summed E-state index contributed by atoms with van der Waals surface area (Å²) in [5.74, 6) is -0.280. The first-order valence-corrected chi connectivity index (χ1v) is 7.30. The number of carboxylic acid groups (broad SMARTS) is 1. The number of aliphatic carboxylic acids is 1. The molecule has 0 saturated heterocycles. The van der Waals surface area contributed by atoms with E-state index in [1.54, 1.807) is 0 Å². The first kappa shape index (κ1) is 14.3. The summed E-state index contributed by atoms with van der Waals surface area (Å²) in [7, 11) is 0. The number of hydrogen-bond acceptors (Lipinski definition) is 2. The van der Waals surface area contributed by atoms with E-state index in [0.717, 1.165) is 22.2 Å². The van der Waals surface area contributed by atoms with Gasteiger partial charge in [-0.25, -0.2) is 4.98 Å². The average Bonchev–Trinajstić information content (AvgIpc) is 2.83. The van der Waals surface area contributed by atoms with Crippen LogP contribution in [0.2, 0.25) is 0 Å². The van der Waals surface area contributed by atoms with E-state index in [1.807, 2.05) is 47.9 Å². The summed E-state index contributed by atoms with van der Waals surface area (Å²) >= 11 is 0. The molecule has 3 rings (SSSR count). The number of aryl methyl sites for hydroxylation is 1. The summed E-state index contributed by atoms with van der Waals surface area (Å²) in [4.78, 5) is 15.7. The molecule has 1 atom stereocenters. The Labute approximate surface area is 129 Å². The number of aromatic nitrogens is 2. The lowest BCUT2D eigenvalue weighted by Gasteiger charge is -2.17. The van der Waals surface area contributed by atoms with Gasteiger partial charge in [0.05, 0.1) is 17.1 Å². The van der Waals surface area contributed by atoms with Crippen molar-refractivity contribution in [2.45, 2.75) is 26.3 Å². The Morgan fingerprint density at radius 3 is 2.64 bits per heavy atom. The van der Waals surface area contributed by atoms with Crippen LogP contribution >= 0.6 is 0 Å². The van der Waals surface area contributed by atoms with Gasteiger partial charge >= 0.3 is 5.97 Å². The van der Waals surface area contributed by atoms with E-state index in [2.05, 4.69) is 24.0 Å². The van der Waals surface area contributed by atoms with Crippen molar-refractivity contribution in [3.8, 4) is 0 Å². The zero-order valence-electron chi connectivity index (χ0n) is 12.7. The molecule has 4 heteroatoms. The predicted molar refractivity (Wildman–Crippen MR) is 86.1 cm³/mol. The Bertz CT molecular complexity index is 822. The van der Waals surface area contributed by atoms with Gasteiger partial charge in [0, 0.05) is 0 Å². The molecule has 0 amide bonds. The number of imidazole rings is 1. The van der Waals surface area contributed by atoms with Crippen LogP contribution in [-0.4, -0.2) is 20.6 Å². The fourth-order valence-electron chi connectivity index (χ4n) is 2.83. The summed E-state index contributed by atoms with van der Waals surface area (Å²) in [6.45, 7) is 4.08. The molecule has 22 heavy (non-hydrogen) atoms. The monoisotopic (exact) mass is 294 g/mol. The summed E-state index contributed by atoms with van der Waals surface area (Å²) in [6, 6.07) is 16.1. The van der Waals surface area contributed by atoms with Crippen LogP contribution in [0.25, 0.3) is 11.0 Å². The molecule has 1 heterocycles. The summed E-state index contributed by atoms with van der Waals surface area (Å²) < 4.78 is 2.03. The molecule has 1 N–H and O–H groups in total. The van der Waals surface area contributed by atoms with E-state index in [-0.39, 0.29) is 12.5 Å². The van der Waals surface area contributed by atoms with Crippen LogP contribution in [0.3, 0.4) is 0 Å². The number of benzene rings is 2. The van der Waals surface area contributed by atoms with Gasteiger partial charge in [-0.05, 0) is 37.1 Å². The number of carbonyl (C=O) groups is 1. The van der Waals surface area contributed by atoms with Gasteiger partial charge in [-0.2, -0.15) is 0 Å². The molecule has 3 aromatic rings. The predicted octanol–water partition coefficient (Wildman–Crippen LogP) is 3.58. The van der Waals surface area contributed by atoms with Crippen molar-refractivity contribution in [3.05, 3.63) is 65.5 Å². The number of nitrogens with zero attached hydrogens (tertiary/aromatic N) is 2. The minimum absolute atomic E-state index is 0.0308. The second-order valence-electron chi connectivity index (χ2n) is 5.55. The molecule has 0 aliphatic rings. The fraction of sp³-hybridized carbons (Fsp3) is 0.222. The molecule has 4 nitrogen and oxygen atoms in total. The molecule has 1 unspecified atom stereocenters. The highest BCUT2D eigenvalue weighted by atomic mass is 16.4. The van der Waals surface area contributed by atoms with Crippen molar-refractivity contribution in [2.24, 2.45) is 0 Å². The van der Waals surface area contributed by atoms with Gasteiger partial charge in [0.1, 0.15) is 12.2 Å². The molecular weight excluding hydrogens is 276 g/mol. The second kappa shape index (κ2) is 5.64. The van der Waals surface area contributed by atoms with Crippen LogP contribution in [0.5, 0.6) is 0 Å². The van der Waals surface area contributed by atoms with E-state index >= 15 is 0 Å². The quantitative estimate of drug-likeness (QED) is 0.800. The van der Waals surface area contributed by atoms with Crippen molar-refractivity contribution >= 4 is 17.0 Å². The zero-order chi connectivity index (χ0) is 15.7. The third-order valence-electron chi connectivity index (χ3n) is 3.90. The highest BCUT2D eigenvalue weighted by Crippen LogP contribution is 2.26. The van der Waals surface area contributed by atoms with Crippen LogP contribution in [0, 0.1) is 6.92 Å². The molecule has 0 aliphatic heterocycles. The molecule has 0 fully saturated rings. The van der Waals surface area contributed by atoms with Gasteiger partial charge in [-0.1, -0.05) is 36.4 Å². The Balaban J connectivity index is 2.19. The van der Waals surface area contributed by atoms with Gasteiger partial charge in [0.25, 0.3) is 0 Å². The standard InChI is InChI=1S/C18H18N2O2/c1-12-8-9-16-15(10-12)19-17(11-18(21)22)20(16)13(2)14-6-4-3-5-7-14/h3-10,13H,11H2,1-2H3,(H,21,22). The van der Waals surface area contributed by atoms with E-state index in [1.165, 1.54) is 0 Å². The lowest BCUT2D eigenvalue weighted by Crippen LogP contribution is -2.14. The number of fused-ring (bicyclic) bond motifs is 1. The maximum Gasteiger partial charge on any atom is 0.311 e. The first-order valence-electron chi connectivity index (χ1n) is 7.30. The summed E-state index contributed by atoms with van der Waals surface area (Å²) in [6.07, 6.45) is -0.0785. The number of rotatable bonds is 4. The van der Waals surface area contributed by atoms with E-state index in [0.29, 0.717) is 5.82 Å². The van der Waals surface area contributed by atoms with Crippen molar-refractivity contribution < 1.29 is 9.90 Å². The van der Waals surface area contributed by atoms with Gasteiger partial charge in [0.15, 0.2) is 0 Å². The molecule has 1 aromatic heterocycles. The molecular formula is C18H18N2O2. The van der Waals surface area contributed by atoms with E-state index in [4.69, 9.17) is 0 Å². The summed E-state index contributed by atoms with van der Waals surface area (Å²) in [5, 5.41) is 9.17. The maximum atomic E-state index is 11.2. The first-order chi connectivity index (χ1) is 10.6. The molecule has 2 aromatic carbocycles. The van der Waals surface area contributed by atoms with Gasteiger partial charge in [0.2, 0.25) is 0 Å². The van der Waals surface area contributed by atoms with Gasteiger partial charge in [-0.3, -0.25) is 4.79 Å². The Morgan fingerprint density at radius 2 is 1.95 bits per heavy atom. The summed E-state index contributed by atoms with van der Waals surface area (Å²) in [5.41, 5.74) is 4.07. The van der Waals surface area contributed by atoms with Gasteiger partial charge in [-0.15, -0.1) is 0 Å². The van der Waals surface area contributed by atoms with Crippen LogP contribution in [0.1, 0.15) is 29.9 Å².